The average molecular weight is 232 g/mol. The van der Waals surface area contributed by atoms with Crippen molar-refractivity contribution in [1.82, 2.24) is 4.98 Å². The van der Waals surface area contributed by atoms with Crippen molar-refractivity contribution >= 4 is 16.9 Å². The van der Waals surface area contributed by atoms with E-state index in [2.05, 4.69) is 4.98 Å². The second-order valence-corrected chi connectivity index (χ2v) is 3.80. The third-order valence-corrected chi connectivity index (χ3v) is 2.50. The molecule has 17 heavy (non-hydrogen) atoms. The summed E-state index contributed by atoms with van der Waals surface area (Å²) < 4.78 is 0. The molecular weight excluding hydrogens is 220 g/mol. The zero-order valence-corrected chi connectivity index (χ0v) is 9.00. The maximum atomic E-state index is 10.6. The van der Waals surface area contributed by atoms with Crippen LogP contribution in [0.4, 0.5) is 0 Å². The van der Waals surface area contributed by atoms with Crippen molar-refractivity contribution in [3.05, 3.63) is 36.0 Å². The van der Waals surface area contributed by atoms with E-state index < -0.39 is 12.0 Å². The molecule has 0 spiro atoms. The van der Waals surface area contributed by atoms with Crippen LogP contribution in [0.1, 0.15) is 5.69 Å². The molecule has 0 saturated carbocycles. The summed E-state index contributed by atoms with van der Waals surface area (Å²) >= 11 is 0. The second-order valence-electron chi connectivity index (χ2n) is 3.80. The van der Waals surface area contributed by atoms with E-state index in [0.717, 1.165) is 5.39 Å². The van der Waals surface area contributed by atoms with Crippen molar-refractivity contribution < 1.29 is 15.0 Å². The van der Waals surface area contributed by atoms with E-state index in [9.17, 15) is 9.90 Å². The van der Waals surface area contributed by atoms with Gasteiger partial charge in [0.2, 0.25) is 0 Å². The lowest BCUT2D eigenvalue weighted by atomic mass is 10.1. The van der Waals surface area contributed by atoms with Crippen LogP contribution in [0.25, 0.3) is 10.9 Å². The van der Waals surface area contributed by atoms with E-state index in [0.29, 0.717) is 11.2 Å². The Balaban J connectivity index is 2.37. The minimum absolute atomic E-state index is 0.0771. The predicted molar refractivity (Wildman–Crippen MR) is 62.7 cm³/mol. The number of hydrogen-bond donors (Lipinski definition) is 3. The van der Waals surface area contributed by atoms with Gasteiger partial charge in [-0.05, 0) is 12.1 Å². The lowest BCUT2D eigenvalue weighted by Crippen LogP contribution is -2.32. The summed E-state index contributed by atoms with van der Waals surface area (Å²) in [4.78, 5) is 14.8. The van der Waals surface area contributed by atoms with Crippen LogP contribution < -0.4 is 5.73 Å². The fourth-order valence-electron chi connectivity index (χ4n) is 1.60. The Kier molecular flexibility index (Phi) is 2.93. The Morgan fingerprint density at radius 3 is 2.82 bits per heavy atom. The molecule has 0 radical (unpaired) electrons. The van der Waals surface area contributed by atoms with Crippen molar-refractivity contribution in [1.29, 1.82) is 0 Å². The molecule has 0 unspecified atom stereocenters. The summed E-state index contributed by atoms with van der Waals surface area (Å²) in [5, 5.41) is 19.1. The molecule has 1 aromatic heterocycles. The molecule has 0 saturated heterocycles. The first-order valence-corrected chi connectivity index (χ1v) is 5.14. The standard InChI is InChI=1S/C12H12N2O3/c13-9(12(16)17)6-8-5-4-7-2-1-3-10(15)11(7)14-8/h1-5,9,15H,6,13H2,(H,16,17)/t9-/m0/s1. The summed E-state index contributed by atoms with van der Waals surface area (Å²) in [6, 6.07) is 7.60. The van der Waals surface area contributed by atoms with Crippen LogP contribution in [0.15, 0.2) is 30.3 Å². The quantitative estimate of drug-likeness (QED) is 0.730. The van der Waals surface area contributed by atoms with Gasteiger partial charge in [-0.25, -0.2) is 4.98 Å². The summed E-state index contributed by atoms with van der Waals surface area (Å²) in [6.07, 6.45) is 0.138. The van der Waals surface area contributed by atoms with Crippen LogP contribution in [0.3, 0.4) is 0 Å². The number of aromatic hydroxyl groups is 1. The van der Waals surface area contributed by atoms with Crippen LogP contribution in [0.5, 0.6) is 5.75 Å². The number of carbonyl (C=O) groups is 1. The van der Waals surface area contributed by atoms with Crippen LogP contribution >= 0.6 is 0 Å². The van der Waals surface area contributed by atoms with Gasteiger partial charge in [-0.3, -0.25) is 4.79 Å². The molecule has 5 heteroatoms. The number of phenols is 1. The molecule has 4 N–H and O–H groups in total. The Bertz CT molecular complexity index is 569. The largest absolute Gasteiger partial charge is 0.506 e. The van der Waals surface area contributed by atoms with Crippen molar-refractivity contribution in [2.45, 2.75) is 12.5 Å². The molecule has 88 valence electrons. The smallest absolute Gasteiger partial charge is 0.320 e. The molecule has 2 rings (SSSR count). The van der Waals surface area contributed by atoms with Gasteiger partial charge in [-0.15, -0.1) is 0 Å². The molecule has 0 aliphatic heterocycles. The molecule has 2 aromatic rings. The Morgan fingerprint density at radius 1 is 1.35 bits per heavy atom. The van der Waals surface area contributed by atoms with Gasteiger partial charge in [0.15, 0.2) is 0 Å². The summed E-state index contributed by atoms with van der Waals surface area (Å²) in [7, 11) is 0. The molecule has 0 bridgehead atoms. The molecule has 1 atom stereocenters. The van der Waals surface area contributed by atoms with Gasteiger partial charge in [0, 0.05) is 17.5 Å². The van der Waals surface area contributed by atoms with E-state index in [1.54, 1.807) is 18.2 Å². The number of nitrogens with zero attached hydrogens (tertiary/aromatic N) is 1. The molecule has 0 fully saturated rings. The first-order chi connectivity index (χ1) is 8.08. The van der Waals surface area contributed by atoms with E-state index in [1.165, 1.54) is 6.07 Å². The van der Waals surface area contributed by atoms with E-state index in [4.69, 9.17) is 10.8 Å². The van der Waals surface area contributed by atoms with Gasteiger partial charge in [-0.1, -0.05) is 18.2 Å². The van der Waals surface area contributed by atoms with Gasteiger partial charge in [-0.2, -0.15) is 0 Å². The summed E-state index contributed by atoms with van der Waals surface area (Å²) in [5.74, 6) is -0.988. The number of para-hydroxylation sites is 1. The number of carboxylic acids is 1. The average Bonchev–Trinajstić information content (AvgIpc) is 2.30. The van der Waals surface area contributed by atoms with E-state index in [1.807, 2.05) is 6.07 Å². The lowest BCUT2D eigenvalue weighted by molar-refractivity contribution is -0.138. The number of nitrogens with two attached hydrogens (primary N) is 1. The highest BCUT2D eigenvalue weighted by Crippen LogP contribution is 2.22. The highest BCUT2D eigenvalue weighted by atomic mass is 16.4. The summed E-state index contributed by atoms with van der Waals surface area (Å²) in [6.45, 7) is 0. The first kappa shape index (κ1) is 11.3. The normalized spacial score (nSPS) is 12.5. The summed E-state index contributed by atoms with van der Waals surface area (Å²) in [5.41, 5.74) is 6.44. The van der Waals surface area contributed by atoms with Crippen LogP contribution in [0.2, 0.25) is 0 Å². The Morgan fingerprint density at radius 2 is 2.12 bits per heavy atom. The minimum Gasteiger partial charge on any atom is -0.506 e. The van der Waals surface area contributed by atoms with Gasteiger partial charge >= 0.3 is 5.97 Å². The second kappa shape index (κ2) is 4.39. The number of pyridine rings is 1. The van der Waals surface area contributed by atoms with Gasteiger partial charge in [0.25, 0.3) is 0 Å². The fraction of sp³-hybridized carbons (Fsp3) is 0.167. The molecular formula is C12H12N2O3. The monoisotopic (exact) mass is 232 g/mol. The van der Waals surface area contributed by atoms with Gasteiger partial charge in [0.1, 0.15) is 17.3 Å². The van der Waals surface area contributed by atoms with Gasteiger partial charge in [0.05, 0.1) is 0 Å². The predicted octanol–water partition coefficient (Wildman–Crippen LogP) is 0.895. The number of aliphatic carboxylic acids is 1. The molecule has 1 aromatic carbocycles. The van der Waals surface area contributed by atoms with Crippen molar-refractivity contribution in [2.24, 2.45) is 5.73 Å². The lowest BCUT2D eigenvalue weighted by Gasteiger charge is -2.07. The Hall–Kier alpha value is -2.14. The number of carboxylic acid groups (broad SMARTS) is 1. The molecule has 0 aliphatic rings. The zero-order valence-electron chi connectivity index (χ0n) is 9.00. The topological polar surface area (TPSA) is 96.4 Å². The molecule has 5 nitrogen and oxygen atoms in total. The third-order valence-electron chi connectivity index (χ3n) is 2.50. The number of hydrogen-bond acceptors (Lipinski definition) is 4. The van der Waals surface area contributed by atoms with Crippen LogP contribution in [0, 0.1) is 0 Å². The fourth-order valence-corrected chi connectivity index (χ4v) is 1.60. The highest BCUT2D eigenvalue weighted by Gasteiger charge is 2.13. The SMILES string of the molecule is N[C@@H](Cc1ccc2cccc(O)c2n1)C(=O)O. The first-order valence-electron chi connectivity index (χ1n) is 5.14. The minimum atomic E-state index is -1.07. The number of phenolic OH excluding ortho intramolecular Hbond substituents is 1. The third kappa shape index (κ3) is 2.34. The van der Waals surface area contributed by atoms with Crippen LogP contribution in [-0.2, 0) is 11.2 Å². The Labute approximate surface area is 97.5 Å². The highest BCUT2D eigenvalue weighted by molar-refractivity contribution is 5.84. The number of aromatic nitrogens is 1. The van der Waals surface area contributed by atoms with Gasteiger partial charge < -0.3 is 15.9 Å². The number of benzene rings is 1. The number of rotatable bonds is 3. The van der Waals surface area contributed by atoms with Crippen molar-refractivity contribution in [2.75, 3.05) is 0 Å². The molecule has 1 heterocycles. The van der Waals surface area contributed by atoms with E-state index >= 15 is 0 Å². The molecule has 0 aliphatic carbocycles. The molecule has 0 amide bonds. The van der Waals surface area contributed by atoms with E-state index in [-0.39, 0.29) is 12.2 Å². The van der Waals surface area contributed by atoms with Crippen molar-refractivity contribution in [3.8, 4) is 5.75 Å². The van der Waals surface area contributed by atoms with Crippen molar-refractivity contribution in [3.63, 3.8) is 0 Å². The maximum absolute atomic E-state index is 10.6. The number of fused-ring (bicyclic) bond motifs is 1. The maximum Gasteiger partial charge on any atom is 0.320 e. The zero-order chi connectivity index (χ0) is 12.4. The van der Waals surface area contributed by atoms with Crippen LogP contribution in [-0.4, -0.2) is 27.2 Å².